The predicted octanol–water partition coefficient (Wildman–Crippen LogP) is 18.6. The van der Waals surface area contributed by atoms with Crippen molar-refractivity contribution >= 4 is 11.0 Å². The molecule has 12 rings (SSSR count). The van der Waals surface area contributed by atoms with Crippen molar-refractivity contribution in [2.45, 2.75) is 90.3 Å². The SMILES string of the molecule is [2H]C([2H])(c1ccc(-c2ccnc(-c3cc(-c4ccccc4)cc(-c4cccc5c4nc(-c4cc(C(C)(C)C)cc(-c6ccccc6)c4O)n5-c4ccc(C([2H])([2H])C5CCCC5)cc4-c4ccccc4)c3)c2)cc1)C1CCCC1. The number of rotatable bonds is 12. The molecular formula is C70H65N3O. The van der Waals surface area contributed by atoms with Gasteiger partial charge < -0.3 is 5.11 Å². The minimum atomic E-state index is -1.53. The zero-order valence-corrected chi connectivity index (χ0v) is 42.7. The van der Waals surface area contributed by atoms with E-state index in [-0.39, 0.29) is 23.0 Å². The summed E-state index contributed by atoms with van der Waals surface area (Å²) in [6.45, 7) is 6.58. The van der Waals surface area contributed by atoms with Crippen LogP contribution < -0.4 is 0 Å². The second-order valence-electron chi connectivity index (χ2n) is 21.5. The predicted molar refractivity (Wildman–Crippen MR) is 309 cm³/mol. The average molecular weight is 968 g/mol. The van der Waals surface area contributed by atoms with Crippen molar-refractivity contribution in [2.75, 3.05) is 0 Å². The van der Waals surface area contributed by atoms with Crippen LogP contribution in [-0.4, -0.2) is 19.6 Å². The molecule has 10 aromatic rings. The summed E-state index contributed by atoms with van der Waals surface area (Å²) in [7, 11) is 0. The number of para-hydroxylation sites is 1. The first-order valence-electron chi connectivity index (χ1n) is 28.7. The summed E-state index contributed by atoms with van der Waals surface area (Å²) < 4.78 is 39.4. The molecule has 8 aromatic carbocycles. The maximum atomic E-state index is 12.8. The van der Waals surface area contributed by atoms with Gasteiger partial charge in [-0.25, -0.2) is 4.98 Å². The van der Waals surface area contributed by atoms with Crippen LogP contribution in [0, 0.1) is 11.8 Å². The average Bonchev–Trinajstić information content (AvgIpc) is 4.41. The van der Waals surface area contributed by atoms with Crippen molar-refractivity contribution in [2.24, 2.45) is 11.8 Å². The van der Waals surface area contributed by atoms with E-state index in [1.807, 2.05) is 97.2 Å². The van der Waals surface area contributed by atoms with Gasteiger partial charge in [0.05, 0.1) is 28.0 Å². The van der Waals surface area contributed by atoms with Gasteiger partial charge in [0.1, 0.15) is 11.6 Å². The highest BCUT2D eigenvalue weighted by molar-refractivity contribution is 5.99. The molecular weight excluding hydrogens is 899 g/mol. The molecule has 0 spiro atoms. The van der Waals surface area contributed by atoms with Gasteiger partial charge in [-0.1, -0.05) is 206 Å². The second kappa shape index (κ2) is 20.2. The molecule has 366 valence electrons. The van der Waals surface area contributed by atoms with Gasteiger partial charge in [0.25, 0.3) is 0 Å². The maximum absolute atomic E-state index is 12.8. The summed E-state index contributed by atoms with van der Waals surface area (Å²) in [6, 6.07) is 66.1. The van der Waals surface area contributed by atoms with Crippen molar-refractivity contribution in [3.8, 4) is 89.7 Å². The van der Waals surface area contributed by atoms with Gasteiger partial charge in [0.2, 0.25) is 0 Å². The van der Waals surface area contributed by atoms with Crippen LogP contribution in [0.5, 0.6) is 5.75 Å². The number of imidazole rings is 1. The fourth-order valence-corrected chi connectivity index (χ4v) is 11.4. The Hall–Kier alpha value is -7.82. The Kier molecular flexibility index (Phi) is 11.7. The number of hydrogen-bond donors (Lipinski definition) is 1. The van der Waals surface area contributed by atoms with Crippen molar-refractivity contribution in [1.29, 1.82) is 0 Å². The van der Waals surface area contributed by atoms with E-state index in [2.05, 4.69) is 128 Å². The maximum Gasteiger partial charge on any atom is 0.149 e. The molecule has 1 N–H and O–H groups in total. The highest BCUT2D eigenvalue weighted by atomic mass is 16.3. The lowest BCUT2D eigenvalue weighted by Crippen LogP contribution is -2.12. The minimum Gasteiger partial charge on any atom is -0.507 e. The summed E-state index contributed by atoms with van der Waals surface area (Å²) in [4.78, 5) is 10.7. The Labute approximate surface area is 443 Å². The molecule has 0 bridgehead atoms. The number of nitrogens with zero attached hydrogens (tertiary/aromatic N) is 3. The number of phenols is 1. The summed E-state index contributed by atoms with van der Waals surface area (Å²) >= 11 is 0. The van der Waals surface area contributed by atoms with Crippen LogP contribution in [0.2, 0.25) is 0 Å². The monoisotopic (exact) mass is 968 g/mol. The zero-order chi connectivity index (χ0) is 53.8. The third kappa shape index (κ3) is 9.62. The molecule has 2 saturated carbocycles. The lowest BCUT2D eigenvalue weighted by molar-refractivity contribution is 0.477. The molecule has 2 fully saturated rings. The minimum absolute atomic E-state index is 0.0472. The van der Waals surface area contributed by atoms with Gasteiger partial charge in [-0.2, -0.15) is 0 Å². The van der Waals surface area contributed by atoms with Crippen molar-refractivity contribution < 1.29 is 10.6 Å². The summed E-state index contributed by atoms with van der Waals surface area (Å²) in [5.41, 5.74) is 16.3. The number of aromatic hydroxyl groups is 1. The number of aromatic nitrogens is 3. The van der Waals surface area contributed by atoms with Gasteiger partial charge >= 0.3 is 0 Å². The second-order valence-corrected chi connectivity index (χ2v) is 21.5. The van der Waals surface area contributed by atoms with E-state index >= 15 is 0 Å². The summed E-state index contributed by atoms with van der Waals surface area (Å²) in [5.74, 6) is 0.682. The van der Waals surface area contributed by atoms with E-state index in [0.717, 1.165) is 146 Å². The van der Waals surface area contributed by atoms with Crippen LogP contribution in [0.15, 0.2) is 200 Å². The zero-order valence-electron chi connectivity index (χ0n) is 46.7. The third-order valence-corrected chi connectivity index (χ3v) is 15.4. The molecule has 2 aliphatic rings. The van der Waals surface area contributed by atoms with Crippen LogP contribution in [-0.2, 0) is 18.2 Å². The molecule has 2 heterocycles. The fraction of sp³-hybridized carbons (Fsp3) is 0.229. The highest BCUT2D eigenvalue weighted by Crippen LogP contribution is 2.46. The summed E-state index contributed by atoms with van der Waals surface area (Å²) in [5, 5.41) is 12.8. The van der Waals surface area contributed by atoms with Gasteiger partial charge in [-0.3, -0.25) is 9.55 Å². The first kappa shape index (κ1) is 42.7. The van der Waals surface area contributed by atoms with Gasteiger partial charge in [0, 0.05) is 33.9 Å². The Morgan fingerprint density at radius 3 is 1.72 bits per heavy atom. The normalized spacial score (nSPS) is 15.5. The topological polar surface area (TPSA) is 50.9 Å². The van der Waals surface area contributed by atoms with E-state index < -0.39 is 12.7 Å². The Balaban J connectivity index is 1.08. The molecule has 0 amide bonds. The molecule has 0 unspecified atom stereocenters. The highest BCUT2D eigenvalue weighted by Gasteiger charge is 2.27. The number of fused-ring (bicyclic) bond motifs is 1. The van der Waals surface area contributed by atoms with Crippen LogP contribution in [0.3, 0.4) is 0 Å². The lowest BCUT2D eigenvalue weighted by atomic mass is 9.83. The molecule has 2 aromatic heterocycles. The smallest absolute Gasteiger partial charge is 0.149 e. The van der Waals surface area contributed by atoms with Crippen molar-refractivity contribution in [3.05, 3.63) is 217 Å². The van der Waals surface area contributed by atoms with E-state index in [1.165, 1.54) is 0 Å². The first-order chi connectivity index (χ1) is 37.7. The van der Waals surface area contributed by atoms with E-state index in [4.69, 9.17) is 12.7 Å². The van der Waals surface area contributed by atoms with Crippen molar-refractivity contribution in [3.63, 3.8) is 0 Å². The quantitative estimate of drug-likeness (QED) is 0.133. The van der Waals surface area contributed by atoms with E-state index in [9.17, 15) is 7.85 Å². The number of pyridine rings is 1. The number of phenolic OH excluding ortho intramolecular Hbond substituents is 1. The standard InChI is InChI=1S/C70H65N3O/c1-70(2,3)59-45-62(54-26-11-6-12-27-54)68(74)63(46-59)69-72-67-60(28-17-29-66(67)73(69)65-35-32-50(39-48-20-15-16-21-48)40-61(65)53-24-9-5-10-25-53)57-41-56(51-22-7-4-8-23-51)42-58(43-57)64-44-55(36-37-71-64)52-33-30-49(31-34-52)38-47-18-13-14-19-47/h4-12,17,22-37,40-48,74H,13-16,18-21,38-39H2,1-3H3/i38D2,39D2. The molecule has 0 atom stereocenters. The molecule has 0 radical (unpaired) electrons. The van der Waals surface area contributed by atoms with E-state index in [1.54, 1.807) is 0 Å². The van der Waals surface area contributed by atoms with Crippen LogP contribution in [0.4, 0.5) is 0 Å². The molecule has 74 heavy (non-hydrogen) atoms. The Morgan fingerprint density at radius 2 is 1.05 bits per heavy atom. The molecule has 0 aliphatic heterocycles. The molecule has 0 saturated heterocycles. The third-order valence-electron chi connectivity index (χ3n) is 15.4. The van der Waals surface area contributed by atoms with Gasteiger partial charge in [0.15, 0.2) is 0 Å². The summed E-state index contributed by atoms with van der Waals surface area (Å²) in [6.07, 6.45) is 6.82. The fourth-order valence-electron chi connectivity index (χ4n) is 11.4. The first-order valence-corrected chi connectivity index (χ1v) is 26.7. The van der Waals surface area contributed by atoms with Crippen molar-refractivity contribution in [1.82, 2.24) is 14.5 Å². The number of hydrogen-bond acceptors (Lipinski definition) is 3. The van der Waals surface area contributed by atoms with Crippen LogP contribution in [0.1, 0.15) is 94.3 Å². The molecule has 2 aliphatic carbocycles. The van der Waals surface area contributed by atoms with Gasteiger partial charge in [-0.05, 0) is 146 Å². The molecule has 4 heteroatoms. The Bertz CT molecular complexity index is 3800. The van der Waals surface area contributed by atoms with Crippen LogP contribution in [0.25, 0.3) is 95.0 Å². The Morgan fingerprint density at radius 1 is 0.486 bits per heavy atom. The largest absolute Gasteiger partial charge is 0.507 e. The lowest BCUT2D eigenvalue weighted by Gasteiger charge is -2.23. The van der Waals surface area contributed by atoms with Gasteiger partial charge in [-0.15, -0.1) is 0 Å². The molecule has 4 nitrogen and oxygen atoms in total. The van der Waals surface area contributed by atoms with E-state index in [0.29, 0.717) is 17.0 Å². The number of benzene rings is 8. The van der Waals surface area contributed by atoms with Crippen LogP contribution >= 0.6 is 0 Å².